The van der Waals surface area contributed by atoms with Crippen molar-refractivity contribution in [1.29, 1.82) is 0 Å². The molecule has 0 aliphatic rings. The van der Waals surface area contributed by atoms with Gasteiger partial charge in [-0.3, -0.25) is 0 Å². The first-order valence-electron chi connectivity index (χ1n) is 8.20. The zero-order valence-electron chi connectivity index (χ0n) is 13.8. The first-order valence-corrected chi connectivity index (χ1v) is 8.20. The third-order valence-electron chi connectivity index (χ3n) is 4.12. The van der Waals surface area contributed by atoms with Gasteiger partial charge in [-0.15, -0.1) is 0 Å². The molecule has 0 aliphatic carbocycles. The monoisotopic (exact) mass is 301 g/mol. The van der Waals surface area contributed by atoms with E-state index in [9.17, 15) is 0 Å². The molecular formula is C22H23N. The predicted octanol–water partition coefficient (Wildman–Crippen LogP) is 5.69. The van der Waals surface area contributed by atoms with Crippen molar-refractivity contribution in [1.82, 2.24) is 0 Å². The van der Waals surface area contributed by atoms with Gasteiger partial charge in [0.1, 0.15) is 0 Å². The maximum absolute atomic E-state index is 2.49. The maximum Gasteiger partial charge on any atom is 0.0798 e. The summed E-state index contributed by atoms with van der Waals surface area (Å²) in [5.74, 6) is 0. The fourth-order valence-corrected chi connectivity index (χ4v) is 3.13. The van der Waals surface area contributed by atoms with Crippen LogP contribution < -0.4 is 4.90 Å². The van der Waals surface area contributed by atoms with Gasteiger partial charge in [-0.1, -0.05) is 78.9 Å². The quantitative estimate of drug-likeness (QED) is 0.585. The minimum Gasteiger partial charge on any atom is -0.358 e. The summed E-state index contributed by atoms with van der Waals surface area (Å²) in [5, 5.41) is 0. The van der Waals surface area contributed by atoms with Crippen LogP contribution in [-0.2, 0) is 0 Å². The van der Waals surface area contributed by atoms with E-state index in [0.29, 0.717) is 6.04 Å². The van der Waals surface area contributed by atoms with Crippen molar-refractivity contribution in [3.63, 3.8) is 0 Å². The summed E-state index contributed by atoms with van der Waals surface area (Å²) in [7, 11) is 0. The molecule has 0 saturated carbocycles. The molecule has 116 valence electrons. The van der Waals surface area contributed by atoms with Crippen molar-refractivity contribution in [2.45, 2.75) is 25.9 Å². The number of hydrogen-bond donors (Lipinski definition) is 0. The van der Waals surface area contributed by atoms with Gasteiger partial charge in [-0.05, 0) is 37.1 Å². The molecule has 0 amide bonds. The highest BCUT2D eigenvalue weighted by Gasteiger charge is 2.24. The Morgan fingerprint density at radius 2 is 0.957 bits per heavy atom. The lowest BCUT2D eigenvalue weighted by atomic mass is 9.95. The largest absolute Gasteiger partial charge is 0.358 e. The van der Waals surface area contributed by atoms with Crippen molar-refractivity contribution < 1.29 is 0 Å². The highest BCUT2D eigenvalue weighted by atomic mass is 15.2. The Bertz CT molecular complexity index is 665. The maximum atomic E-state index is 2.49. The van der Waals surface area contributed by atoms with E-state index >= 15 is 0 Å². The fraction of sp³-hybridized carbons (Fsp3) is 0.182. The first kappa shape index (κ1) is 15.4. The van der Waals surface area contributed by atoms with E-state index in [1.807, 2.05) is 0 Å². The highest BCUT2D eigenvalue weighted by molar-refractivity contribution is 5.53. The zero-order valence-corrected chi connectivity index (χ0v) is 13.8. The molecule has 23 heavy (non-hydrogen) atoms. The third kappa shape index (κ3) is 3.45. The van der Waals surface area contributed by atoms with E-state index in [0.717, 1.165) is 0 Å². The molecule has 1 nitrogen and oxygen atoms in total. The Morgan fingerprint density at radius 3 is 1.35 bits per heavy atom. The minimum absolute atomic E-state index is 0.208. The van der Waals surface area contributed by atoms with Gasteiger partial charge in [0.25, 0.3) is 0 Å². The predicted molar refractivity (Wildman–Crippen MR) is 98.8 cm³/mol. The summed E-state index contributed by atoms with van der Waals surface area (Å²) in [4.78, 5) is 2.49. The van der Waals surface area contributed by atoms with Crippen LogP contribution in [0.15, 0.2) is 91.0 Å². The van der Waals surface area contributed by atoms with Crippen molar-refractivity contribution in [3.05, 3.63) is 102 Å². The van der Waals surface area contributed by atoms with Crippen LogP contribution in [0.1, 0.15) is 31.0 Å². The number of benzene rings is 3. The van der Waals surface area contributed by atoms with Crippen LogP contribution in [0.2, 0.25) is 0 Å². The lowest BCUT2D eigenvalue weighted by molar-refractivity contribution is 0.621. The Hall–Kier alpha value is -2.54. The van der Waals surface area contributed by atoms with E-state index in [1.54, 1.807) is 0 Å². The van der Waals surface area contributed by atoms with Crippen LogP contribution in [-0.4, -0.2) is 6.04 Å². The lowest BCUT2D eigenvalue weighted by Crippen LogP contribution is -2.35. The molecule has 0 N–H and O–H groups in total. The van der Waals surface area contributed by atoms with Crippen LogP contribution in [0.5, 0.6) is 0 Å². The second kappa shape index (κ2) is 7.15. The molecule has 0 aromatic heterocycles. The summed E-state index contributed by atoms with van der Waals surface area (Å²) in [6.07, 6.45) is 0. The Labute approximate surface area is 139 Å². The van der Waals surface area contributed by atoms with Crippen LogP contribution in [0, 0.1) is 0 Å². The Kier molecular flexibility index (Phi) is 4.77. The molecule has 1 heteroatoms. The summed E-state index contributed by atoms with van der Waals surface area (Å²) >= 11 is 0. The van der Waals surface area contributed by atoms with E-state index in [2.05, 4.69) is 110 Å². The van der Waals surface area contributed by atoms with Gasteiger partial charge in [0.2, 0.25) is 0 Å². The summed E-state index contributed by atoms with van der Waals surface area (Å²) < 4.78 is 0. The Balaban J connectivity index is 2.13. The molecule has 0 bridgehead atoms. The van der Waals surface area contributed by atoms with Crippen LogP contribution in [0.4, 0.5) is 5.69 Å². The molecule has 0 spiro atoms. The fourth-order valence-electron chi connectivity index (χ4n) is 3.13. The molecule has 0 unspecified atom stereocenters. The molecule has 3 rings (SSSR count). The highest BCUT2D eigenvalue weighted by Crippen LogP contribution is 2.34. The number of rotatable bonds is 5. The normalized spacial score (nSPS) is 11.0. The topological polar surface area (TPSA) is 3.24 Å². The van der Waals surface area contributed by atoms with Crippen molar-refractivity contribution in [2.75, 3.05) is 4.90 Å². The molecule has 3 aromatic carbocycles. The summed E-state index contributed by atoms with van der Waals surface area (Å²) in [6.45, 7) is 4.51. The molecule has 0 heterocycles. The number of anilines is 1. The van der Waals surface area contributed by atoms with E-state index in [1.165, 1.54) is 16.8 Å². The average molecular weight is 301 g/mol. The molecular weight excluding hydrogens is 278 g/mol. The van der Waals surface area contributed by atoms with E-state index in [4.69, 9.17) is 0 Å². The minimum atomic E-state index is 0.208. The number of para-hydroxylation sites is 1. The van der Waals surface area contributed by atoms with Crippen LogP contribution >= 0.6 is 0 Å². The van der Waals surface area contributed by atoms with Crippen molar-refractivity contribution in [2.24, 2.45) is 0 Å². The lowest BCUT2D eigenvalue weighted by Gasteiger charge is -2.38. The van der Waals surface area contributed by atoms with Gasteiger partial charge in [0.05, 0.1) is 6.04 Å². The van der Waals surface area contributed by atoms with Gasteiger partial charge in [-0.2, -0.15) is 0 Å². The molecule has 0 fully saturated rings. The molecule has 0 radical (unpaired) electrons. The van der Waals surface area contributed by atoms with E-state index in [-0.39, 0.29) is 6.04 Å². The second-order valence-electron chi connectivity index (χ2n) is 6.06. The summed E-state index contributed by atoms with van der Waals surface area (Å²) in [6, 6.07) is 32.8. The molecule has 0 atom stereocenters. The molecule has 0 saturated heterocycles. The smallest absolute Gasteiger partial charge is 0.0798 e. The molecule has 0 aliphatic heterocycles. The average Bonchev–Trinajstić information content (AvgIpc) is 2.61. The van der Waals surface area contributed by atoms with Gasteiger partial charge < -0.3 is 4.90 Å². The van der Waals surface area contributed by atoms with Crippen molar-refractivity contribution >= 4 is 5.69 Å². The van der Waals surface area contributed by atoms with Crippen molar-refractivity contribution in [3.8, 4) is 0 Å². The summed E-state index contributed by atoms with van der Waals surface area (Å²) in [5.41, 5.74) is 3.88. The second-order valence-corrected chi connectivity index (χ2v) is 6.06. The Morgan fingerprint density at radius 1 is 0.565 bits per heavy atom. The number of hydrogen-bond acceptors (Lipinski definition) is 1. The van der Waals surface area contributed by atoms with Crippen LogP contribution in [0.3, 0.4) is 0 Å². The van der Waals surface area contributed by atoms with Gasteiger partial charge in [0.15, 0.2) is 0 Å². The first-order chi connectivity index (χ1) is 11.3. The van der Waals surface area contributed by atoms with Crippen LogP contribution in [0.25, 0.3) is 0 Å². The third-order valence-corrected chi connectivity index (χ3v) is 4.12. The van der Waals surface area contributed by atoms with Gasteiger partial charge in [0, 0.05) is 11.7 Å². The van der Waals surface area contributed by atoms with Gasteiger partial charge >= 0.3 is 0 Å². The number of nitrogens with zero attached hydrogens (tertiary/aromatic N) is 1. The zero-order chi connectivity index (χ0) is 16.1. The molecule has 3 aromatic rings. The standard InChI is InChI=1S/C22H23N/c1-18(2)23(21-16-10-5-11-17-21)22(19-12-6-3-7-13-19)20-14-8-4-9-15-20/h3-18,22H,1-2H3. The SMILES string of the molecule is CC(C)N(c1ccccc1)C(c1ccccc1)c1ccccc1. The van der Waals surface area contributed by atoms with E-state index < -0.39 is 0 Å². The van der Waals surface area contributed by atoms with Gasteiger partial charge in [-0.25, -0.2) is 0 Å².